The molecule has 0 spiro atoms. The lowest BCUT2D eigenvalue weighted by Gasteiger charge is -2.23. The van der Waals surface area contributed by atoms with Crippen molar-refractivity contribution in [3.05, 3.63) is 36.9 Å². The first kappa shape index (κ1) is 19.4. The van der Waals surface area contributed by atoms with Gasteiger partial charge in [0, 0.05) is 15.2 Å². The minimum absolute atomic E-state index is 0.150. The molecular weight excluding hydrogens is 445 g/mol. The lowest BCUT2D eigenvalue weighted by molar-refractivity contribution is -0.385. The fourth-order valence-corrected chi connectivity index (χ4v) is 4.60. The topological polar surface area (TPSA) is 69.4 Å². The van der Waals surface area contributed by atoms with E-state index >= 15 is 0 Å². The van der Waals surface area contributed by atoms with Gasteiger partial charge in [0.25, 0.3) is 5.69 Å². The first-order valence-electron chi connectivity index (χ1n) is 8.21. The number of hydrogen-bond acceptors (Lipinski definition) is 4. The Morgan fingerprint density at radius 2 is 2.08 bits per heavy atom. The first-order chi connectivity index (χ1) is 11.4. The third-order valence-corrected chi connectivity index (χ3v) is 5.56. The molecule has 0 amide bonds. The molecule has 0 radical (unpaired) electrons. The number of alkyl halides is 1. The molecule has 0 N–H and O–H groups in total. The van der Waals surface area contributed by atoms with Gasteiger partial charge in [0.05, 0.1) is 11.5 Å². The fourth-order valence-electron chi connectivity index (χ4n) is 3.25. The normalized spacial score (nSPS) is 16.6. The Labute approximate surface area is 160 Å². The summed E-state index contributed by atoms with van der Waals surface area (Å²) in [4.78, 5) is 22.9. The smallest absolute Gasteiger partial charge is 0.324 e. The van der Waals surface area contributed by atoms with Gasteiger partial charge in [-0.15, -0.1) is 11.6 Å². The standard InChI is InChI=1S/C17H21ClINO4/c1-2-24-17(21)13(18)8-11-9-14(19)16(15(10-11)20(22)23)12-6-4-3-5-7-12/h9-10,12-13H,2-8H2,1H3. The van der Waals surface area contributed by atoms with Crippen LogP contribution in [0.1, 0.15) is 56.1 Å². The molecule has 2 rings (SSSR count). The number of nitrogens with zero attached hydrogens (tertiary/aromatic N) is 1. The summed E-state index contributed by atoms with van der Waals surface area (Å²) >= 11 is 8.23. The molecule has 0 aliphatic heterocycles. The minimum atomic E-state index is -0.833. The van der Waals surface area contributed by atoms with Gasteiger partial charge >= 0.3 is 5.97 Å². The van der Waals surface area contributed by atoms with Crippen LogP contribution in [0.15, 0.2) is 12.1 Å². The van der Waals surface area contributed by atoms with E-state index in [-0.39, 0.29) is 29.6 Å². The van der Waals surface area contributed by atoms with Crippen LogP contribution in [0.4, 0.5) is 5.69 Å². The van der Waals surface area contributed by atoms with Crippen molar-refractivity contribution in [1.29, 1.82) is 0 Å². The average Bonchev–Trinajstić information content (AvgIpc) is 2.55. The van der Waals surface area contributed by atoms with Gasteiger partial charge in [0.15, 0.2) is 0 Å². The lowest BCUT2D eigenvalue weighted by Crippen LogP contribution is -2.20. The molecular formula is C17H21ClINO4. The van der Waals surface area contributed by atoms with Crippen molar-refractivity contribution in [3.63, 3.8) is 0 Å². The van der Waals surface area contributed by atoms with Gasteiger partial charge in [-0.25, -0.2) is 0 Å². The first-order valence-corrected chi connectivity index (χ1v) is 9.73. The maximum atomic E-state index is 11.7. The van der Waals surface area contributed by atoms with Crippen LogP contribution in [0.5, 0.6) is 0 Å². The summed E-state index contributed by atoms with van der Waals surface area (Å²) < 4.78 is 5.78. The molecule has 5 nitrogen and oxygen atoms in total. The molecule has 1 aromatic rings. The summed E-state index contributed by atoms with van der Waals surface area (Å²) in [5.41, 5.74) is 1.68. The zero-order valence-corrected chi connectivity index (χ0v) is 16.5. The highest BCUT2D eigenvalue weighted by Gasteiger charge is 2.28. The molecule has 132 valence electrons. The van der Waals surface area contributed by atoms with Crippen LogP contribution in [0.3, 0.4) is 0 Å². The summed E-state index contributed by atoms with van der Waals surface area (Å²) in [7, 11) is 0. The van der Waals surface area contributed by atoms with Crippen LogP contribution < -0.4 is 0 Å². The number of nitro groups is 1. The van der Waals surface area contributed by atoms with Gasteiger partial charge in [-0.2, -0.15) is 0 Å². The number of carbonyl (C=O) groups is 1. The Balaban J connectivity index is 2.29. The highest BCUT2D eigenvalue weighted by molar-refractivity contribution is 14.1. The quantitative estimate of drug-likeness (QED) is 0.196. The predicted molar refractivity (Wildman–Crippen MR) is 102 cm³/mol. The number of nitro benzene ring substituents is 1. The molecule has 1 atom stereocenters. The number of halogens is 2. The number of carbonyl (C=O) groups excluding carboxylic acids is 1. The number of ether oxygens (including phenoxy) is 1. The molecule has 0 saturated heterocycles. The van der Waals surface area contributed by atoms with Gasteiger partial charge < -0.3 is 4.74 Å². The molecule has 1 fully saturated rings. The monoisotopic (exact) mass is 465 g/mol. The van der Waals surface area contributed by atoms with E-state index in [1.807, 2.05) is 6.07 Å². The Morgan fingerprint density at radius 3 is 2.67 bits per heavy atom. The van der Waals surface area contributed by atoms with Crippen molar-refractivity contribution in [1.82, 2.24) is 0 Å². The molecule has 1 aromatic carbocycles. The van der Waals surface area contributed by atoms with Crippen LogP contribution in [-0.2, 0) is 16.0 Å². The Bertz CT molecular complexity index is 617. The SMILES string of the molecule is CCOC(=O)C(Cl)Cc1cc(I)c(C2CCCCC2)c([N+](=O)[O-])c1. The van der Waals surface area contributed by atoms with E-state index in [0.717, 1.165) is 34.8 Å². The maximum Gasteiger partial charge on any atom is 0.324 e. The van der Waals surface area contributed by atoms with E-state index in [1.54, 1.807) is 13.0 Å². The Kier molecular flexibility index (Phi) is 7.28. The summed E-state index contributed by atoms with van der Waals surface area (Å²) in [6, 6.07) is 3.48. The van der Waals surface area contributed by atoms with E-state index in [1.165, 1.54) is 6.42 Å². The van der Waals surface area contributed by atoms with Crippen molar-refractivity contribution in [2.45, 2.75) is 56.7 Å². The van der Waals surface area contributed by atoms with Gasteiger partial charge in [-0.3, -0.25) is 14.9 Å². The summed E-state index contributed by atoms with van der Waals surface area (Å²) in [6.45, 7) is 1.98. The van der Waals surface area contributed by atoms with Crippen LogP contribution >= 0.6 is 34.2 Å². The van der Waals surface area contributed by atoms with Crippen LogP contribution in [-0.4, -0.2) is 22.9 Å². The number of benzene rings is 1. The summed E-state index contributed by atoms with van der Waals surface area (Å²) in [5, 5.41) is 10.7. The Morgan fingerprint density at radius 1 is 1.42 bits per heavy atom. The summed E-state index contributed by atoms with van der Waals surface area (Å²) in [6.07, 6.45) is 5.65. The van der Waals surface area contributed by atoms with Crippen molar-refractivity contribution >= 4 is 45.8 Å². The Hall–Kier alpha value is -0.890. The zero-order chi connectivity index (χ0) is 17.7. The largest absolute Gasteiger partial charge is 0.465 e. The molecule has 24 heavy (non-hydrogen) atoms. The lowest BCUT2D eigenvalue weighted by atomic mass is 9.83. The van der Waals surface area contributed by atoms with E-state index < -0.39 is 11.3 Å². The second-order valence-electron chi connectivity index (χ2n) is 6.03. The summed E-state index contributed by atoms with van der Waals surface area (Å²) in [5.74, 6) is -0.245. The number of hydrogen-bond donors (Lipinski definition) is 0. The second kappa shape index (κ2) is 8.99. The molecule has 1 saturated carbocycles. The molecule has 0 heterocycles. The molecule has 1 aliphatic carbocycles. The van der Waals surface area contributed by atoms with Crippen molar-refractivity contribution in [3.8, 4) is 0 Å². The van der Waals surface area contributed by atoms with Crippen molar-refractivity contribution < 1.29 is 14.5 Å². The third kappa shape index (κ3) is 4.81. The van der Waals surface area contributed by atoms with E-state index in [9.17, 15) is 14.9 Å². The van der Waals surface area contributed by atoms with Gasteiger partial charge in [0.1, 0.15) is 5.38 Å². The fraction of sp³-hybridized carbons (Fsp3) is 0.588. The average molecular weight is 466 g/mol. The number of esters is 1. The highest BCUT2D eigenvalue weighted by atomic mass is 127. The van der Waals surface area contributed by atoms with Crippen molar-refractivity contribution in [2.75, 3.05) is 6.61 Å². The van der Waals surface area contributed by atoms with Crippen LogP contribution in [0.25, 0.3) is 0 Å². The van der Waals surface area contributed by atoms with Crippen molar-refractivity contribution in [2.24, 2.45) is 0 Å². The number of rotatable bonds is 6. The van der Waals surface area contributed by atoms with E-state index in [2.05, 4.69) is 22.6 Å². The molecule has 7 heteroatoms. The predicted octanol–water partition coefficient (Wildman–Crippen LogP) is 4.96. The molecule has 0 aromatic heterocycles. The third-order valence-electron chi connectivity index (χ3n) is 4.33. The van der Waals surface area contributed by atoms with E-state index in [4.69, 9.17) is 16.3 Å². The molecule has 1 unspecified atom stereocenters. The van der Waals surface area contributed by atoms with Gasteiger partial charge in [0.2, 0.25) is 0 Å². The van der Waals surface area contributed by atoms with Crippen LogP contribution in [0, 0.1) is 13.7 Å². The van der Waals surface area contributed by atoms with Gasteiger partial charge in [-0.1, -0.05) is 19.3 Å². The highest BCUT2D eigenvalue weighted by Crippen LogP contribution is 2.40. The maximum absolute atomic E-state index is 11.7. The van der Waals surface area contributed by atoms with Gasteiger partial charge in [-0.05, 0) is 66.3 Å². The van der Waals surface area contributed by atoms with Crippen LogP contribution in [0.2, 0.25) is 0 Å². The minimum Gasteiger partial charge on any atom is -0.465 e. The molecule has 0 bridgehead atoms. The molecule has 1 aliphatic rings. The second-order valence-corrected chi connectivity index (χ2v) is 7.72. The zero-order valence-electron chi connectivity index (χ0n) is 13.6. The van der Waals surface area contributed by atoms with E-state index in [0.29, 0.717) is 5.56 Å².